The molecular weight excluding hydrogens is 529 g/mol. The number of benzene rings is 5. The molecule has 0 saturated heterocycles. The molecule has 2 heteroatoms. The summed E-state index contributed by atoms with van der Waals surface area (Å²) in [6.07, 6.45) is 4.19. The molecule has 0 fully saturated rings. The summed E-state index contributed by atoms with van der Waals surface area (Å²) in [5.41, 5.74) is 24.6. The van der Waals surface area contributed by atoms with Crippen molar-refractivity contribution in [2.75, 3.05) is 0 Å². The molecule has 0 heterocycles. The summed E-state index contributed by atoms with van der Waals surface area (Å²) in [6.45, 7) is 17.8. The third-order valence-corrected chi connectivity index (χ3v) is 8.52. The van der Waals surface area contributed by atoms with Gasteiger partial charge in [0.05, 0.1) is 0 Å². The molecule has 0 bridgehead atoms. The van der Waals surface area contributed by atoms with Gasteiger partial charge in [-0.2, -0.15) is 0 Å². The molecule has 0 atom stereocenters. The molecule has 1 nitrogen and oxygen atoms in total. The van der Waals surface area contributed by atoms with E-state index in [0.717, 1.165) is 33.5 Å². The average molecular weight is 572 g/mol. The molecule has 5 aromatic carbocycles. The van der Waals surface area contributed by atoms with Gasteiger partial charge in [-0.25, -0.2) is 0 Å². The summed E-state index contributed by atoms with van der Waals surface area (Å²) < 4.78 is 0. The van der Waals surface area contributed by atoms with Crippen molar-refractivity contribution in [3.63, 3.8) is 0 Å². The number of allylic oxidation sites excluding steroid dienone is 4. The van der Waals surface area contributed by atoms with Gasteiger partial charge in [0.25, 0.3) is 0 Å². The van der Waals surface area contributed by atoms with Crippen LogP contribution < -0.4 is 22.1 Å². The van der Waals surface area contributed by atoms with E-state index < -0.39 is 0 Å². The van der Waals surface area contributed by atoms with Crippen LogP contribution in [0.1, 0.15) is 50.1 Å². The van der Waals surface area contributed by atoms with Crippen molar-refractivity contribution < 1.29 is 0 Å². The minimum Gasteiger partial charge on any atom is -0.398 e. The SMILES string of the molecule is C=C(/C=C(\C=C(/N)c1ccc(B(c2c(C)cc(C)cc2C)c2c(C)cc(C)cc2C)cc1)c1ccccc1)c1ccccc1. The van der Waals surface area contributed by atoms with Crippen molar-refractivity contribution in [3.8, 4) is 0 Å². The Morgan fingerprint density at radius 1 is 0.545 bits per heavy atom. The summed E-state index contributed by atoms with van der Waals surface area (Å²) in [5.74, 6) is 0. The van der Waals surface area contributed by atoms with Gasteiger partial charge in [-0.3, -0.25) is 0 Å². The van der Waals surface area contributed by atoms with Crippen molar-refractivity contribution in [3.05, 3.63) is 178 Å². The first-order chi connectivity index (χ1) is 21.1. The van der Waals surface area contributed by atoms with Crippen LogP contribution in [-0.2, 0) is 0 Å². The zero-order chi connectivity index (χ0) is 31.4. The third-order valence-electron chi connectivity index (χ3n) is 8.52. The van der Waals surface area contributed by atoms with Gasteiger partial charge in [-0.1, -0.05) is 166 Å². The lowest BCUT2D eigenvalue weighted by Gasteiger charge is -2.24. The molecular formula is C42H42BN. The first kappa shape index (κ1) is 30.6. The van der Waals surface area contributed by atoms with Crippen LogP contribution in [-0.4, -0.2) is 6.71 Å². The fourth-order valence-corrected chi connectivity index (χ4v) is 6.65. The Morgan fingerprint density at radius 2 is 0.977 bits per heavy atom. The maximum absolute atomic E-state index is 6.82. The first-order valence-electron chi connectivity index (χ1n) is 15.4. The summed E-state index contributed by atoms with van der Waals surface area (Å²) in [5, 5.41) is 0. The van der Waals surface area contributed by atoms with E-state index in [-0.39, 0.29) is 6.71 Å². The lowest BCUT2D eigenvalue weighted by Crippen LogP contribution is -2.55. The second kappa shape index (κ2) is 13.2. The van der Waals surface area contributed by atoms with E-state index in [4.69, 9.17) is 5.73 Å². The standard InChI is InChI=1S/C42H42BN/c1-28-22-31(4)41(32(5)23-28)43(42-33(6)24-29(2)25-34(42)7)39-20-18-37(19-21-39)40(44)27-38(36-16-12-9-13-17-36)26-30(3)35-14-10-8-11-15-35/h8-27H,3,44H2,1-2,4-7H3/b38-26+,40-27-. The highest BCUT2D eigenvalue weighted by Gasteiger charge is 2.28. The quantitative estimate of drug-likeness (QED) is 0.148. The van der Waals surface area contributed by atoms with Crippen molar-refractivity contribution in [1.29, 1.82) is 0 Å². The fraction of sp³-hybridized carbons (Fsp3) is 0.143. The molecule has 0 aromatic heterocycles. The highest BCUT2D eigenvalue weighted by molar-refractivity contribution is 6.96. The molecule has 2 N–H and O–H groups in total. The normalized spacial score (nSPS) is 11.9. The molecule has 5 aromatic rings. The van der Waals surface area contributed by atoms with Crippen LogP contribution in [0.15, 0.2) is 128 Å². The maximum Gasteiger partial charge on any atom is 0.242 e. The molecule has 5 rings (SSSR count). The largest absolute Gasteiger partial charge is 0.398 e. The van der Waals surface area contributed by atoms with Crippen molar-refractivity contribution in [2.45, 2.75) is 41.5 Å². The van der Waals surface area contributed by atoms with Gasteiger partial charge in [-0.05, 0) is 81.5 Å². The average Bonchev–Trinajstić information content (AvgIpc) is 3.00. The van der Waals surface area contributed by atoms with Gasteiger partial charge in [0, 0.05) is 5.70 Å². The second-order valence-corrected chi connectivity index (χ2v) is 12.1. The minimum atomic E-state index is 0.129. The van der Waals surface area contributed by atoms with E-state index in [9.17, 15) is 0 Å². The van der Waals surface area contributed by atoms with E-state index in [0.29, 0.717) is 0 Å². The van der Waals surface area contributed by atoms with E-state index in [2.05, 4.69) is 145 Å². The van der Waals surface area contributed by atoms with Crippen molar-refractivity contribution in [1.82, 2.24) is 0 Å². The van der Waals surface area contributed by atoms with Gasteiger partial charge >= 0.3 is 0 Å². The van der Waals surface area contributed by atoms with Crippen LogP contribution in [0.4, 0.5) is 0 Å². The monoisotopic (exact) mass is 571 g/mol. The molecule has 0 aliphatic carbocycles. The van der Waals surface area contributed by atoms with E-state index in [1.165, 1.54) is 49.8 Å². The van der Waals surface area contributed by atoms with Crippen molar-refractivity contribution >= 4 is 39.9 Å². The molecule has 0 unspecified atom stereocenters. The van der Waals surface area contributed by atoms with Gasteiger partial charge in [-0.15, -0.1) is 0 Å². The zero-order valence-corrected chi connectivity index (χ0v) is 26.9. The van der Waals surface area contributed by atoms with Gasteiger partial charge in [0.15, 0.2) is 0 Å². The van der Waals surface area contributed by atoms with E-state index in [1.807, 2.05) is 24.3 Å². The predicted octanol–water partition coefficient (Wildman–Crippen LogP) is 8.15. The third kappa shape index (κ3) is 6.71. The number of aryl methyl sites for hydroxylation is 6. The summed E-state index contributed by atoms with van der Waals surface area (Å²) >= 11 is 0. The Morgan fingerprint density at radius 3 is 1.43 bits per heavy atom. The molecule has 0 aliphatic heterocycles. The first-order valence-corrected chi connectivity index (χ1v) is 15.4. The molecule has 0 spiro atoms. The van der Waals surface area contributed by atoms with E-state index in [1.54, 1.807) is 0 Å². The molecule has 0 radical (unpaired) electrons. The molecule has 0 aliphatic rings. The van der Waals surface area contributed by atoms with Crippen LogP contribution in [0, 0.1) is 41.5 Å². The Labute approximate surface area is 264 Å². The predicted molar refractivity (Wildman–Crippen MR) is 194 cm³/mol. The van der Waals surface area contributed by atoms with Crippen LogP contribution in [0.2, 0.25) is 0 Å². The highest BCUT2D eigenvalue weighted by Crippen LogP contribution is 2.25. The topological polar surface area (TPSA) is 26.0 Å². The van der Waals surface area contributed by atoms with Crippen LogP contribution in [0.25, 0.3) is 16.8 Å². The summed E-state index contributed by atoms with van der Waals surface area (Å²) in [7, 11) is 0. The summed E-state index contributed by atoms with van der Waals surface area (Å²) in [6, 6.07) is 38.7. The second-order valence-electron chi connectivity index (χ2n) is 12.1. The molecule has 0 amide bonds. The smallest absolute Gasteiger partial charge is 0.242 e. The zero-order valence-electron chi connectivity index (χ0n) is 26.9. The lowest BCUT2D eigenvalue weighted by molar-refractivity contribution is 1.34. The van der Waals surface area contributed by atoms with Crippen LogP contribution in [0.3, 0.4) is 0 Å². The molecule has 44 heavy (non-hydrogen) atoms. The maximum atomic E-state index is 6.82. The Balaban J connectivity index is 1.58. The number of hydrogen-bond donors (Lipinski definition) is 1. The van der Waals surface area contributed by atoms with Gasteiger partial charge < -0.3 is 5.73 Å². The summed E-state index contributed by atoms with van der Waals surface area (Å²) in [4.78, 5) is 0. The van der Waals surface area contributed by atoms with Gasteiger partial charge in [0.1, 0.15) is 0 Å². The fourth-order valence-electron chi connectivity index (χ4n) is 6.65. The number of rotatable bonds is 8. The van der Waals surface area contributed by atoms with Crippen LogP contribution in [0.5, 0.6) is 0 Å². The Bertz CT molecular complexity index is 1760. The molecule has 0 saturated carbocycles. The Kier molecular flexibility index (Phi) is 9.21. The number of nitrogens with two attached hydrogens (primary N) is 1. The van der Waals surface area contributed by atoms with Gasteiger partial charge in [0.2, 0.25) is 6.71 Å². The molecule has 218 valence electrons. The van der Waals surface area contributed by atoms with Crippen LogP contribution >= 0.6 is 0 Å². The Hall–Kier alpha value is -4.82. The number of hydrogen-bond acceptors (Lipinski definition) is 1. The lowest BCUT2D eigenvalue weighted by atomic mass is 9.34. The van der Waals surface area contributed by atoms with Crippen molar-refractivity contribution in [2.24, 2.45) is 5.73 Å². The van der Waals surface area contributed by atoms with E-state index >= 15 is 0 Å². The highest BCUT2D eigenvalue weighted by atomic mass is 14.6. The minimum absolute atomic E-state index is 0.129.